The first kappa shape index (κ1) is 32.5. The number of nitrogens with one attached hydrogen (secondary N) is 1. The summed E-state index contributed by atoms with van der Waals surface area (Å²) in [5.41, 5.74) is 3.74. The number of methoxy groups -OCH3 is 1. The minimum absolute atomic E-state index is 0.0140. The van der Waals surface area contributed by atoms with Crippen LogP contribution in [0.5, 0.6) is 17.2 Å². The lowest BCUT2D eigenvalue weighted by Gasteiger charge is -2.44. The summed E-state index contributed by atoms with van der Waals surface area (Å²) in [5.74, 6) is 1.91. The van der Waals surface area contributed by atoms with Gasteiger partial charge in [0.05, 0.1) is 28.2 Å². The number of piperazine rings is 1. The van der Waals surface area contributed by atoms with E-state index in [9.17, 15) is 9.59 Å². The van der Waals surface area contributed by atoms with E-state index in [1.807, 2.05) is 58.3 Å². The molecule has 1 unspecified atom stereocenters. The number of hydrogen-bond donors (Lipinski definition) is 1. The average molecular weight is 685 g/mol. The van der Waals surface area contributed by atoms with Gasteiger partial charge in [-0.15, -0.1) is 0 Å². The third-order valence-electron chi connectivity index (χ3n) is 8.60. The highest BCUT2D eigenvalue weighted by molar-refractivity contribution is 6.43. The Morgan fingerprint density at radius 3 is 2.37 bits per heavy atom. The number of amides is 2. The zero-order chi connectivity index (χ0) is 32.4. The summed E-state index contributed by atoms with van der Waals surface area (Å²) in [7, 11) is 1.64. The Morgan fingerprint density at radius 2 is 1.65 bits per heavy atom. The second-order valence-corrected chi connectivity index (χ2v) is 13.1. The molecular weight excluding hydrogens is 649 g/mol. The smallest absolute Gasteiger partial charge is 0.252 e. The number of carbonyl (C=O) groups excluding carboxylic acids is 2. The molecule has 1 saturated carbocycles. The Morgan fingerprint density at radius 1 is 0.913 bits per heavy atom. The lowest BCUT2D eigenvalue weighted by molar-refractivity contribution is -0.132. The van der Waals surface area contributed by atoms with Crippen molar-refractivity contribution in [2.24, 2.45) is 0 Å². The molecule has 2 aliphatic heterocycles. The van der Waals surface area contributed by atoms with Crippen LogP contribution < -0.4 is 19.5 Å². The molecule has 8 nitrogen and oxygen atoms in total. The van der Waals surface area contributed by atoms with Crippen molar-refractivity contribution in [2.45, 2.75) is 50.9 Å². The molecular formula is C35H36Cl3N3O5. The molecule has 2 bridgehead atoms. The molecule has 0 spiro atoms. The molecule has 2 amide bonds. The summed E-state index contributed by atoms with van der Waals surface area (Å²) in [6.45, 7) is 3.70. The maximum absolute atomic E-state index is 14.6. The van der Waals surface area contributed by atoms with E-state index < -0.39 is 0 Å². The Kier molecular flexibility index (Phi) is 9.99. The fourth-order valence-electron chi connectivity index (χ4n) is 6.18. The van der Waals surface area contributed by atoms with E-state index in [1.54, 1.807) is 26.2 Å². The van der Waals surface area contributed by atoms with Crippen LogP contribution >= 0.6 is 34.8 Å². The molecule has 46 heavy (non-hydrogen) atoms. The maximum Gasteiger partial charge on any atom is 0.252 e. The van der Waals surface area contributed by atoms with E-state index in [-0.39, 0.29) is 43.2 Å². The van der Waals surface area contributed by atoms with Crippen LogP contribution in [0.3, 0.4) is 0 Å². The van der Waals surface area contributed by atoms with E-state index in [1.165, 1.54) is 0 Å². The fraction of sp³-hybridized carbons (Fsp3) is 0.371. The highest BCUT2D eigenvalue weighted by Gasteiger charge is 2.43. The predicted molar refractivity (Wildman–Crippen MR) is 180 cm³/mol. The number of fused-ring (bicyclic) bond motifs is 2. The van der Waals surface area contributed by atoms with Gasteiger partial charge in [0.2, 0.25) is 5.91 Å². The SMILES string of the molecule is COc1cccc(CN(C(=O)C2=C(c3ccc(OCCOc4cc(Cl)c(Cl)cc4Cl)cc3)CC3CN(C(C)=O)C[C@H]2N3)C2CC2)c1. The van der Waals surface area contributed by atoms with Crippen molar-refractivity contribution in [3.05, 3.63) is 92.4 Å². The first-order chi connectivity index (χ1) is 22.2. The Bertz CT molecular complexity index is 1640. The molecule has 3 aromatic carbocycles. The molecule has 2 atom stereocenters. The third kappa shape index (κ3) is 7.41. The zero-order valence-electron chi connectivity index (χ0n) is 25.7. The lowest BCUT2D eigenvalue weighted by atomic mass is 9.82. The molecule has 6 rings (SSSR count). The summed E-state index contributed by atoms with van der Waals surface area (Å²) in [6, 6.07) is 18.8. The molecule has 1 saturated heterocycles. The van der Waals surface area contributed by atoms with Crippen molar-refractivity contribution in [3.8, 4) is 17.2 Å². The minimum Gasteiger partial charge on any atom is -0.497 e. The Balaban J connectivity index is 1.22. The number of halogens is 3. The molecule has 0 radical (unpaired) electrons. The standard InChI is InChI=1S/C35H36Cl3N3O5/c1-21(42)40-19-24-15-28(23-6-10-26(11-7-23)45-12-13-46-33-17-30(37)29(36)16-31(33)38)34(32(20-40)39-24)35(43)41(25-8-9-25)18-22-4-3-5-27(14-22)44-2/h3-7,10-11,14,16-17,24-25,32,39H,8-9,12-13,15,18-20H2,1-2H3/t24?,32-/m1/s1. The molecule has 11 heteroatoms. The number of hydrogen-bond acceptors (Lipinski definition) is 6. The minimum atomic E-state index is -0.258. The first-order valence-electron chi connectivity index (χ1n) is 15.4. The highest BCUT2D eigenvalue weighted by Crippen LogP contribution is 2.38. The van der Waals surface area contributed by atoms with Crippen molar-refractivity contribution in [1.82, 2.24) is 15.1 Å². The summed E-state index contributed by atoms with van der Waals surface area (Å²) in [6.07, 6.45) is 2.59. The average Bonchev–Trinajstić information content (AvgIpc) is 3.89. The van der Waals surface area contributed by atoms with Crippen molar-refractivity contribution in [2.75, 3.05) is 33.4 Å². The fourth-order valence-corrected chi connectivity index (χ4v) is 6.77. The second kappa shape index (κ2) is 14.1. The number of carbonyl (C=O) groups is 2. The van der Waals surface area contributed by atoms with Crippen LogP contribution in [0.15, 0.2) is 66.2 Å². The van der Waals surface area contributed by atoms with Gasteiger partial charge in [0.1, 0.15) is 30.5 Å². The normalized spacial score (nSPS) is 19.1. The number of ether oxygens (including phenoxy) is 3. The topological polar surface area (TPSA) is 80.3 Å². The summed E-state index contributed by atoms with van der Waals surface area (Å²) < 4.78 is 17.1. The van der Waals surface area contributed by atoms with Crippen LogP contribution in [0, 0.1) is 0 Å². The molecule has 3 aliphatic rings. The number of nitrogens with zero attached hydrogens (tertiary/aromatic N) is 2. The van der Waals surface area contributed by atoms with E-state index in [2.05, 4.69) is 5.32 Å². The summed E-state index contributed by atoms with van der Waals surface area (Å²) in [5, 5.41) is 4.75. The Hall–Kier alpha value is -3.43. The quantitative estimate of drug-likeness (QED) is 0.180. The summed E-state index contributed by atoms with van der Waals surface area (Å²) in [4.78, 5) is 30.8. The van der Waals surface area contributed by atoms with E-state index in [0.717, 1.165) is 40.9 Å². The van der Waals surface area contributed by atoms with Gasteiger partial charge < -0.3 is 29.3 Å². The maximum atomic E-state index is 14.6. The summed E-state index contributed by atoms with van der Waals surface area (Å²) >= 11 is 18.3. The monoisotopic (exact) mass is 683 g/mol. The lowest BCUT2D eigenvalue weighted by Crippen LogP contribution is -2.61. The van der Waals surface area contributed by atoms with Crippen LogP contribution in [0.25, 0.3) is 5.57 Å². The highest BCUT2D eigenvalue weighted by atomic mass is 35.5. The van der Waals surface area contributed by atoms with E-state index in [0.29, 0.717) is 52.6 Å². The molecule has 242 valence electrons. The van der Waals surface area contributed by atoms with Crippen LogP contribution in [-0.4, -0.2) is 73.2 Å². The van der Waals surface area contributed by atoms with Crippen molar-refractivity contribution in [1.29, 1.82) is 0 Å². The molecule has 3 aromatic rings. The molecule has 0 aromatic heterocycles. The van der Waals surface area contributed by atoms with Crippen molar-refractivity contribution < 1.29 is 23.8 Å². The van der Waals surface area contributed by atoms with Gasteiger partial charge in [-0.2, -0.15) is 0 Å². The van der Waals surface area contributed by atoms with Crippen LogP contribution in [-0.2, 0) is 16.1 Å². The predicted octanol–water partition coefficient (Wildman–Crippen LogP) is 6.65. The Labute approximate surface area is 284 Å². The number of rotatable bonds is 11. The first-order valence-corrected chi connectivity index (χ1v) is 16.5. The van der Waals surface area contributed by atoms with Gasteiger partial charge in [-0.3, -0.25) is 9.59 Å². The van der Waals surface area contributed by atoms with Gasteiger partial charge in [-0.1, -0.05) is 59.1 Å². The van der Waals surface area contributed by atoms with Gasteiger partial charge in [0.15, 0.2) is 0 Å². The second-order valence-electron chi connectivity index (χ2n) is 11.9. The van der Waals surface area contributed by atoms with E-state index >= 15 is 0 Å². The third-order valence-corrected chi connectivity index (χ3v) is 9.62. The van der Waals surface area contributed by atoms with Gasteiger partial charge in [0.25, 0.3) is 5.91 Å². The van der Waals surface area contributed by atoms with Gasteiger partial charge >= 0.3 is 0 Å². The van der Waals surface area contributed by atoms with Crippen molar-refractivity contribution >= 4 is 52.2 Å². The molecule has 2 fully saturated rings. The number of benzene rings is 3. The largest absolute Gasteiger partial charge is 0.497 e. The van der Waals surface area contributed by atoms with Crippen LogP contribution in [0.1, 0.15) is 37.3 Å². The van der Waals surface area contributed by atoms with E-state index in [4.69, 9.17) is 49.0 Å². The van der Waals surface area contributed by atoms with Crippen LogP contribution in [0.2, 0.25) is 15.1 Å². The molecule has 2 heterocycles. The van der Waals surface area contributed by atoms with Gasteiger partial charge in [-0.05, 0) is 66.3 Å². The van der Waals surface area contributed by atoms with Crippen LogP contribution in [0.4, 0.5) is 0 Å². The molecule has 1 N–H and O–H groups in total. The zero-order valence-corrected chi connectivity index (χ0v) is 28.0. The molecule has 1 aliphatic carbocycles. The van der Waals surface area contributed by atoms with Crippen molar-refractivity contribution in [3.63, 3.8) is 0 Å². The van der Waals surface area contributed by atoms with Gasteiger partial charge in [-0.25, -0.2) is 0 Å². The van der Waals surface area contributed by atoms with Gasteiger partial charge in [0, 0.05) is 50.3 Å².